The quantitative estimate of drug-likeness (QED) is 0.687. The van der Waals surface area contributed by atoms with Crippen LogP contribution in [-0.2, 0) is 4.79 Å². The average molecular weight is 186 g/mol. The van der Waals surface area contributed by atoms with E-state index in [1.54, 1.807) is 20.0 Å². The molecule has 0 saturated carbocycles. The fraction of sp³-hybridized carbons (Fsp3) is 0.667. The zero-order chi connectivity index (χ0) is 9.84. The summed E-state index contributed by atoms with van der Waals surface area (Å²) in [6, 6.07) is -0.246. The zero-order valence-electron chi connectivity index (χ0n) is 8.01. The Balaban J connectivity index is 2.53. The highest BCUT2D eigenvalue weighted by Gasteiger charge is 2.22. The van der Waals surface area contributed by atoms with Crippen molar-refractivity contribution in [2.24, 2.45) is 0 Å². The van der Waals surface area contributed by atoms with Gasteiger partial charge in [0.15, 0.2) is 0 Å². The Morgan fingerprint density at radius 1 is 1.77 bits per heavy atom. The van der Waals surface area contributed by atoms with Gasteiger partial charge in [0, 0.05) is 13.6 Å². The highest BCUT2D eigenvalue weighted by atomic mass is 19.1. The Hall–Kier alpha value is -0.900. The van der Waals surface area contributed by atoms with Crippen molar-refractivity contribution >= 4 is 5.91 Å². The van der Waals surface area contributed by atoms with Crippen molar-refractivity contribution in [2.45, 2.75) is 19.4 Å². The summed E-state index contributed by atoms with van der Waals surface area (Å²) in [5.41, 5.74) is 0. The van der Waals surface area contributed by atoms with Crippen LogP contribution in [0.3, 0.4) is 0 Å². The molecule has 1 rings (SSSR count). The summed E-state index contributed by atoms with van der Waals surface area (Å²) >= 11 is 0. The van der Waals surface area contributed by atoms with Crippen LogP contribution in [0.1, 0.15) is 13.3 Å². The molecule has 1 atom stereocenters. The number of rotatable bonds is 2. The molecule has 1 aliphatic rings. The summed E-state index contributed by atoms with van der Waals surface area (Å²) in [7, 11) is 1.59. The first-order valence-corrected chi connectivity index (χ1v) is 4.45. The van der Waals surface area contributed by atoms with Crippen molar-refractivity contribution < 1.29 is 9.18 Å². The van der Waals surface area contributed by atoms with E-state index in [-0.39, 0.29) is 24.3 Å². The third kappa shape index (κ3) is 2.52. The molecule has 0 fully saturated rings. The lowest BCUT2D eigenvalue weighted by molar-refractivity contribution is -0.125. The maximum absolute atomic E-state index is 12.8. The van der Waals surface area contributed by atoms with Crippen molar-refractivity contribution in [3.8, 4) is 0 Å². The molecule has 0 aromatic carbocycles. The van der Waals surface area contributed by atoms with E-state index in [0.717, 1.165) is 6.54 Å². The molecule has 13 heavy (non-hydrogen) atoms. The van der Waals surface area contributed by atoms with Gasteiger partial charge in [0.1, 0.15) is 5.83 Å². The highest BCUT2D eigenvalue weighted by molar-refractivity contribution is 5.81. The predicted molar refractivity (Wildman–Crippen MR) is 48.9 cm³/mol. The van der Waals surface area contributed by atoms with E-state index in [4.69, 9.17) is 0 Å². The van der Waals surface area contributed by atoms with Crippen LogP contribution in [0.15, 0.2) is 11.9 Å². The first-order chi connectivity index (χ1) is 6.15. The van der Waals surface area contributed by atoms with Crippen molar-refractivity contribution in [1.29, 1.82) is 0 Å². The molecule has 74 valence electrons. The number of nitrogens with zero attached hydrogens (tertiary/aromatic N) is 1. The van der Waals surface area contributed by atoms with Gasteiger partial charge in [-0.3, -0.25) is 9.69 Å². The van der Waals surface area contributed by atoms with E-state index < -0.39 is 0 Å². The molecule has 1 N–H and O–H groups in total. The average Bonchev–Trinajstić information content (AvgIpc) is 2.15. The van der Waals surface area contributed by atoms with Gasteiger partial charge >= 0.3 is 0 Å². The highest BCUT2D eigenvalue weighted by Crippen LogP contribution is 2.13. The van der Waals surface area contributed by atoms with Crippen LogP contribution >= 0.6 is 0 Å². The van der Waals surface area contributed by atoms with Gasteiger partial charge in [0.25, 0.3) is 0 Å². The molecule has 1 unspecified atom stereocenters. The van der Waals surface area contributed by atoms with Gasteiger partial charge in [-0.15, -0.1) is 0 Å². The third-order valence-corrected chi connectivity index (χ3v) is 2.31. The van der Waals surface area contributed by atoms with Gasteiger partial charge in [0.2, 0.25) is 5.91 Å². The molecular formula is C9H15FN2O. The van der Waals surface area contributed by atoms with Crippen LogP contribution < -0.4 is 5.32 Å². The van der Waals surface area contributed by atoms with Crippen LogP contribution in [0.25, 0.3) is 0 Å². The monoisotopic (exact) mass is 186 g/mol. The number of amides is 1. The molecular weight excluding hydrogens is 171 g/mol. The minimum atomic E-state index is -0.246. The SMILES string of the molecule is CNC(=O)C(C)N1CCC=C(F)C1. The number of carbonyl (C=O) groups is 1. The molecule has 0 radical (unpaired) electrons. The zero-order valence-corrected chi connectivity index (χ0v) is 8.01. The smallest absolute Gasteiger partial charge is 0.236 e. The molecule has 4 heteroatoms. The molecule has 3 nitrogen and oxygen atoms in total. The normalized spacial score (nSPS) is 20.7. The van der Waals surface area contributed by atoms with E-state index >= 15 is 0 Å². The van der Waals surface area contributed by atoms with Crippen LogP contribution in [-0.4, -0.2) is 37.0 Å². The van der Waals surface area contributed by atoms with Gasteiger partial charge in [-0.2, -0.15) is 0 Å². The lowest BCUT2D eigenvalue weighted by atomic mass is 10.2. The maximum atomic E-state index is 12.8. The van der Waals surface area contributed by atoms with Crippen LogP contribution in [0, 0.1) is 0 Å². The van der Waals surface area contributed by atoms with Gasteiger partial charge in [-0.05, 0) is 13.3 Å². The molecule has 1 amide bonds. The second kappa shape index (κ2) is 4.37. The second-order valence-corrected chi connectivity index (χ2v) is 3.20. The van der Waals surface area contributed by atoms with Crippen LogP contribution in [0.2, 0.25) is 0 Å². The van der Waals surface area contributed by atoms with Gasteiger partial charge in [-0.1, -0.05) is 6.08 Å². The molecule has 0 aromatic rings. The summed E-state index contributed by atoms with van der Waals surface area (Å²) in [6.07, 6.45) is 2.26. The fourth-order valence-electron chi connectivity index (χ4n) is 1.43. The van der Waals surface area contributed by atoms with Gasteiger partial charge in [-0.25, -0.2) is 4.39 Å². The number of carbonyl (C=O) groups excluding carboxylic acids is 1. The van der Waals surface area contributed by atoms with Crippen molar-refractivity contribution in [1.82, 2.24) is 10.2 Å². The minimum absolute atomic E-state index is 0.0605. The molecule has 0 spiro atoms. The Morgan fingerprint density at radius 3 is 3.00 bits per heavy atom. The van der Waals surface area contributed by atoms with Crippen LogP contribution in [0.4, 0.5) is 4.39 Å². The van der Waals surface area contributed by atoms with Crippen LogP contribution in [0.5, 0.6) is 0 Å². The number of hydrogen-bond donors (Lipinski definition) is 1. The van der Waals surface area contributed by atoms with E-state index in [1.807, 2.05) is 4.90 Å². The second-order valence-electron chi connectivity index (χ2n) is 3.20. The Morgan fingerprint density at radius 2 is 2.46 bits per heavy atom. The molecule has 0 aliphatic carbocycles. The van der Waals surface area contributed by atoms with E-state index in [9.17, 15) is 9.18 Å². The first-order valence-electron chi connectivity index (χ1n) is 4.45. The largest absolute Gasteiger partial charge is 0.358 e. The maximum Gasteiger partial charge on any atom is 0.236 e. The molecule has 1 heterocycles. The van der Waals surface area contributed by atoms with E-state index in [2.05, 4.69) is 5.32 Å². The van der Waals surface area contributed by atoms with E-state index in [0.29, 0.717) is 6.42 Å². The van der Waals surface area contributed by atoms with Crippen molar-refractivity contribution in [3.63, 3.8) is 0 Å². The standard InChI is InChI=1S/C9H15FN2O/c1-7(9(13)11-2)12-5-3-4-8(10)6-12/h4,7H,3,5-6H2,1-2H3,(H,11,13). The summed E-state index contributed by atoms with van der Waals surface area (Å²) < 4.78 is 12.8. The summed E-state index contributed by atoms with van der Waals surface area (Å²) in [6.45, 7) is 2.80. The molecule has 1 aliphatic heterocycles. The third-order valence-electron chi connectivity index (χ3n) is 2.31. The Kier molecular flexibility index (Phi) is 3.42. The Labute approximate surface area is 77.6 Å². The number of hydrogen-bond acceptors (Lipinski definition) is 2. The van der Waals surface area contributed by atoms with Gasteiger partial charge < -0.3 is 5.32 Å². The molecule has 0 bridgehead atoms. The fourth-order valence-corrected chi connectivity index (χ4v) is 1.43. The van der Waals surface area contributed by atoms with E-state index in [1.165, 1.54) is 0 Å². The summed E-state index contributed by atoms with van der Waals surface area (Å²) in [4.78, 5) is 13.1. The molecule has 0 aromatic heterocycles. The number of nitrogens with one attached hydrogen (secondary N) is 1. The number of likely N-dealkylation sites (N-methyl/N-ethyl adjacent to an activating group) is 1. The summed E-state index contributed by atoms with van der Waals surface area (Å²) in [5, 5.41) is 2.55. The topological polar surface area (TPSA) is 32.3 Å². The lowest BCUT2D eigenvalue weighted by Crippen LogP contribution is -2.45. The lowest BCUT2D eigenvalue weighted by Gasteiger charge is -2.29. The van der Waals surface area contributed by atoms with Crippen molar-refractivity contribution in [3.05, 3.63) is 11.9 Å². The Bertz CT molecular complexity index is 228. The van der Waals surface area contributed by atoms with Gasteiger partial charge in [0.05, 0.1) is 12.6 Å². The minimum Gasteiger partial charge on any atom is -0.358 e. The number of halogens is 1. The van der Waals surface area contributed by atoms with Crippen molar-refractivity contribution in [2.75, 3.05) is 20.1 Å². The predicted octanol–water partition coefficient (Wildman–Crippen LogP) is 0.680. The summed E-state index contributed by atoms with van der Waals surface area (Å²) in [5.74, 6) is -0.197. The molecule has 0 saturated heterocycles. The first kappa shape index (κ1) is 10.2.